The van der Waals surface area contributed by atoms with Gasteiger partial charge in [-0.05, 0) is 0 Å². The molecule has 2 atom stereocenters. The number of hydrogen-bond donors (Lipinski definition) is 0. The van der Waals surface area contributed by atoms with E-state index in [1.807, 2.05) is 0 Å². The smallest absolute Gasteiger partial charge is 1.00 e. The summed E-state index contributed by atoms with van der Waals surface area (Å²) in [7, 11) is 0. The normalized spacial score (nSPS) is 28.9. The van der Waals surface area contributed by atoms with Crippen molar-refractivity contribution in [2.45, 2.75) is 25.6 Å². The van der Waals surface area contributed by atoms with Crippen LogP contribution in [-0.2, 0) is 22.9 Å². The number of rotatable bonds is 2. The molecule has 2 aliphatic carbocycles. The summed E-state index contributed by atoms with van der Waals surface area (Å²) in [6.45, 7) is 0. The zero-order valence-corrected chi connectivity index (χ0v) is 18.1. The van der Waals surface area contributed by atoms with Crippen LogP contribution in [0, 0.1) is 0 Å². The standard InChI is InChI=1S/C21H18.BrH.Hf/c1-2-17(20-13-11-15-7-3-5-9-18(15)20)21-14-12-16-8-4-6-10-19(16)21;;/h3-14,20-21H,1-2H2;1H;/q;;+1/p-1. The number of halogens is 1. The first-order valence-corrected chi connectivity index (χ1v) is 12.5. The van der Waals surface area contributed by atoms with E-state index >= 15 is 0 Å². The van der Waals surface area contributed by atoms with Gasteiger partial charge in [0.2, 0.25) is 0 Å². The third-order valence-electron chi connectivity index (χ3n) is 5.70. The summed E-state index contributed by atoms with van der Waals surface area (Å²) in [5, 5.41) is 0. The van der Waals surface area contributed by atoms with Crippen molar-refractivity contribution in [1.29, 1.82) is 0 Å². The van der Waals surface area contributed by atoms with Gasteiger partial charge in [-0.3, -0.25) is 0 Å². The van der Waals surface area contributed by atoms with Crippen molar-refractivity contribution >= 4 is 12.2 Å². The third-order valence-corrected chi connectivity index (χ3v) is 13.0. The van der Waals surface area contributed by atoms with Gasteiger partial charge in [-0.2, -0.15) is 0 Å². The van der Waals surface area contributed by atoms with Crippen LogP contribution in [0.3, 0.4) is 0 Å². The van der Waals surface area contributed by atoms with E-state index in [1.54, 1.807) is 15.3 Å². The second-order valence-corrected chi connectivity index (χ2v) is 13.1. The van der Waals surface area contributed by atoms with Crippen LogP contribution in [-0.4, -0.2) is 0 Å². The average molecular weight is 529 g/mol. The molecule has 1 aliphatic heterocycles. The maximum atomic E-state index is 2.52. The molecule has 2 aromatic carbocycles. The second kappa shape index (κ2) is 5.97. The van der Waals surface area contributed by atoms with Gasteiger partial charge in [0, 0.05) is 0 Å². The molecular weight excluding hydrogens is 511 g/mol. The van der Waals surface area contributed by atoms with Crippen molar-refractivity contribution in [2.24, 2.45) is 0 Å². The summed E-state index contributed by atoms with van der Waals surface area (Å²) < 4.78 is 2.16. The first-order valence-electron chi connectivity index (χ1n) is 8.18. The van der Waals surface area contributed by atoms with Crippen LogP contribution in [0.4, 0.5) is 0 Å². The minimum atomic E-state index is -0.578. The van der Waals surface area contributed by atoms with E-state index in [0.717, 1.165) is 0 Å². The van der Waals surface area contributed by atoms with Crippen molar-refractivity contribution in [2.75, 3.05) is 0 Å². The molecule has 1 heterocycles. The molecular formula is C21H18BrHf. The summed E-state index contributed by atoms with van der Waals surface area (Å²) in [5.74, 6) is 1.34. The van der Waals surface area contributed by atoms with Gasteiger partial charge in [-0.15, -0.1) is 0 Å². The summed E-state index contributed by atoms with van der Waals surface area (Å²) >= 11 is -0.578. The van der Waals surface area contributed by atoms with E-state index in [9.17, 15) is 0 Å². The first kappa shape index (κ1) is 15.8. The summed E-state index contributed by atoms with van der Waals surface area (Å²) in [5.41, 5.74) is 6.09. The van der Waals surface area contributed by atoms with Gasteiger partial charge in [0.1, 0.15) is 0 Å². The minimum absolute atomic E-state index is 0. The quantitative estimate of drug-likeness (QED) is 0.526. The molecule has 0 amide bonds. The molecule has 2 aromatic rings. The molecule has 23 heavy (non-hydrogen) atoms. The van der Waals surface area contributed by atoms with E-state index in [4.69, 9.17) is 0 Å². The molecule has 0 bridgehead atoms. The van der Waals surface area contributed by atoms with Gasteiger partial charge in [-0.1, -0.05) is 0 Å². The Morgan fingerprint density at radius 2 is 1.26 bits per heavy atom. The molecule has 1 fully saturated rings. The van der Waals surface area contributed by atoms with Crippen LogP contribution in [0.5, 0.6) is 0 Å². The van der Waals surface area contributed by atoms with Crippen molar-refractivity contribution in [3.8, 4) is 0 Å². The molecule has 2 unspecified atom stereocenters. The zero-order valence-electron chi connectivity index (χ0n) is 12.9. The fourth-order valence-corrected chi connectivity index (χ4v) is 10.9. The predicted octanol–water partition coefficient (Wildman–Crippen LogP) is 2.67. The number of fused-ring (bicyclic) bond motifs is 2. The molecule has 0 aromatic heterocycles. The molecule has 113 valence electrons. The molecule has 0 N–H and O–H groups in total. The number of hydrogen-bond acceptors (Lipinski definition) is 0. The Morgan fingerprint density at radius 1 is 0.783 bits per heavy atom. The van der Waals surface area contributed by atoms with Gasteiger partial charge >= 0.3 is 144 Å². The molecule has 2 heteroatoms. The fourth-order valence-electron chi connectivity index (χ4n) is 4.54. The van der Waals surface area contributed by atoms with E-state index in [-0.39, 0.29) is 17.0 Å². The Balaban J connectivity index is 0.00000135. The monoisotopic (exact) mass is 529 g/mol. The molecule has 0 spiro atoms. The van der Waals surface area contributed by atoms with Crippen LogP contribution in [0.1, 0.15) is 40.5 Å². The SMILES string of the molecule is C1=CC([C]2(C3C=Cc4ccccc43)C[CH2][Hf+]2)c2ccccc21.[Br-]. The second-order valence-electron chi connectivity index (χ2n) is 6.65. The Bertz CT molecular complexity index is 737. The molecule has 5 rings (SSSR count). The van der Waals surface area contributed by atoms with Crippen LogP contribution < -0.4 is 17.0 Å². The van der Waals surface area contributed by atoms with Crippen molar-refractivity contribution in [1.82, 2.24) is 0 Å². The van der Waals surface area contributed by atoms with E-state index in [0.29, 0.717) is 15.0 Å². The third kappa shape index (κ3) is 2.25. The number of benzene rings is 2. The Morgan fingerprint density at radius 3 is 1.70 bits per heavy atom. The summed E-state index contributed by atoms with van der Waals surface area (Å²) in [6, 6.07) is 18.1. The van der Waals surface area contributed by atoms with Crippen LogP contribution in [0.2, 0.25) is 7.35 Å². The summed E-state index contributed by atoms with van der Waals surface area (Å²) in [6.07, 6.45) is 11.2. The molecule has 0 saturated carbocycles. The number of allylic oxidation sites excluding steroid dienone is 2. The van der Waals surface area contributed by atoms with Crippen molar-refractivity contribution in [3.63, 3.8) is 0 Å². The van der Waals surface area contributed by atoms with E-state index in [2.05, 4.69) is 72.8 Å². The van der Waals surface area contributed by atoms with Crippen LogP contribution in [0.15, 0.2) is 60.7 Å². The largest absolute Gasteiger partial charge is 1.00 e. The van der Waals surface area contributed by atoms with Crippen LogP contribution in [0.25, 0.3) is 12.2 Å². The Kier molecular flexibility index (Phi) is 4.09. The predicted molar refractivity (Wildman–Crippen MR) is 88.6 cm³/mol. The summed E-state index contributed by atoms with van der Waals surface area (Å²) in [4.78, 5) is 0. The molecule has 3 aliphatic rings. The maximum absolute atomic E-state index is 2.52. The Labute approximate surface area is 159 Å². The topological polar surface area (TPSA) is 0 Å². The van der Waals surface area contributed by atoms with Gasteiger partial charge in [0.05, 0.1) is 0 Å². The van der Waals surface area contributed by atoms with Gasteiger partial charge in [0.15, 0.2) is 0 Å². The van der Waals surface area contributed by atoms with Gasteiger partial charge in [0.25, 0.3) is 0 Å². The van der Waals surface area contributed by atoms with Gasteiger partial charge in [-0.25, -0.2) is 0 Å². The molecule has 0 radical (unpaired) electrons. The zero-order chi connectivity index (χ0) is 14.6. The Hall–Kier alpha value is -0.730. The maximum Gasteiger partial charge on any atom is -1.00 e. The minimum Gasteiger partial charge on any atom is -1.00 e. The molecule has 0 nitrogen and oxygen atoms in total. The molecule has 1 saturated heterocycles. The fraction of sp³-hybridized carbons (Fsp3) is 0.238. The van der Waals surface area contributed by atoms with E-state index in [1.165, 1.54) is 17.5 Å². The van der Waals surface area contributed by atoms with Crippen molar-refractivity contribution in [3.05, 3.63) is 82.9 Å². The van der Waals surface area contributed by atoms with Crippen LogP contribution >= 0.6 is 0 Å². The van der Waals surface area contributed by atoms with E-state index < -0.39 is 22.9 Å². The van der Waals surface area contributed by atoms with Crippen molar-refractivity contribution < 1.29 is 39.9 Å². The first-order chi connectivity index (χ1) is 10.9. The van der Waals surface area contributed by atoms with Gasteiger partial charge < -0.3 is 17.0 Å². The average Bonchev–Trinajstić information content (AvgIpc) is 3.13.